The Bertz CT molecular complexity index is 751. The molecule has 0 radical (unpaired) electrons. The molecule has 0 fully saturated rings. The fraction of sp³-hybridized carbons (Fsp3) is 0.267. The normalized spacial score (nSPS) is 12.7. The number of nitrogens with zero attached hydrogens (tertiary/aromatic N) is 2. The van der Waals surface area contributed by atoms with Gasteiger partial charge >= 0.3 is 0 Å². The van der Waals surface area contributed by atoms with Crippen LogP contribution in [-0.4, -0.2) is 34.9 Å². The fourth-order valence-electron chi connectivity index (χ4n) is 2.38. The number of amides is 1. The van der Waals surface area contributed by atoms with Crippen molar-refractivity contribution in [3.05, 3.63) is 35.7 Å². The molecule has 4 N–H and O–H groups in total. The number of hydrogen-bond acceptors (Lipinski definition) is 5. The average molecular weight is 315 g/mol. The summed E-state index contributed by atoms with van der Waals surface area (Å²) in [5.41, 5.74) is 7.26. The molecular formula is C15H17N5O3. The molecule has 8 nitrogen and oxygen atoms in total. The van der Waals surface area contributed by atoms with E-state index in [4.69, 9.17) is 20.6 Å². The summed E-state index contributed by atoms with van der Waals surface area (Å²) in [6, 6.07) is 3.78. The number of guanidine groups is 1. The molecule has 3 rings (SSSR count). The molecule has 8 heteroatoms. The second kappa shape index (κ2) is 5.99. The minimum absolute atomic E-state index is 0.313. The lowest BCUT2D eigenvalue weighted by molar-refractivity contribution is 0.0976. The molecular weight excluding hydrogens is 298 g/mol. The van der Waals surface area contributed by atoms with Crippen LogP contribution < -0.4 is 20.5 Å². The van der Waals surface area contributed by atoms with E-state index in [-0.39, 0.29) is 0 Å². The van der Waals surface area contributed by atoms with E-state index in [9.17, 15) is 4.79 Å². The highest BCUT2D eigenvalue weighted by Crippen LogP contribution is 2.36. The van der Waals surface area contributed by atoms with Crippen LogP contribution in [0.4, 0.5) is 0 Å². The van der Waals surface area contributed by atoms with Crippen LogP contribution in [0.25, 0.3) is 5.69 Å². The van der Waals surface area contributed by atoms with Gasteiger partial charge in [0.25, 0.3) is 5.91 Å². The summed E-state index contributed by atoms with van der Waals surface area (Å²) in [5.74, 6) is 0.562. The first-order valence-electron chi connectivity index (χ1n) is 7.21. The Balaban J connectivity index is 1.94. The second-order valence-electron chi connectivity index (χ2n) is 5.02. The Morgan fingerprint density at radius 3 is 2.96 bits per heavy atom. The van der Waals surface area contributed by atoms with Crippen molar-refractivity contribution >= 4 is 11.9 Å². The molecule has 1 aromatic heterocycles. The summed E-state index contributed by atoms with van der Waals surface area (Å²) in [5, 5.41) is 13.5. The van der Waals surface area contributed by atoms with E-state index >= 15 is 0 Å². The summed E-state index contributed by atoms with van der Waals surface area (Å²) < 4.78 is 12.9. The number of aryl methyl sites for hydroxylation is 1. The van der Waals surface area contributed by atoms with Gasteiger partial charge in [0, 0.05) is 12.3 Å². The molecule has 2 aromatic rings. The average Bonchev–Trinajstić information content (AvgIpc) is 3.03. The number of nitrogens with two attached hydrogens (primary N) is 1. The quantitative estimate of drug-likeness (QED) is 0.573. The van der Waals surface area contributed by atoms with E-state index in [0.29, 0.717) is 24.5 Å². The molecule has 1 amide bonds. The summed E-state index contributed by atoms with van der Waals surface area (Å²) in [6.07, 6.45) is 3.78. The monoisotopic (exact) mass is 315 g/mol. The summed E-state index contributed by atoms with van der Waals surface area (Å²) in [4.78, 5) is 11.8. The standard InChI is InChI=1S/C15H17N5O3/c1-2-9-5-11(6-12-13(9)23-4-3-22-12)20-8-10(7-18-20)14(21)19-15(16)17/h5-8H,2-4H2,1H3,(H4,16,17,19,21). The Hall–Kier alpha value is -3.03. The maximum absolute atomic E-state index is 11.8. The number of hydrogen-bond donors (Lipinski definition) is 3. The highest BCUT2D eigenvalue weighted by Gasteiger charge is 2.18. The topological polar surface area (TPSA) is 115 Å². The van der Waals surface area contributed by atoms with Gasteiger partial charge in [0.1, 0.15) is 13.2 Å². The van der Waals surface area contributed by atoms with Crippen molar-refractivity contribution in [2.75, 3.05) is 13.2 Å². The fourth-order valence-corrected chi connectivity index (χ4v) is 2.38. The van der Waals surface area contributed by atoms with Crippen molar-refractivity contribution in [2.24, 2.45) is 5.73 Å². The van der Waals surface area contributed by atoms with Gasteiger partial charge in [-0.25, -0.2) is 4.68 Å². The maximum atomic E-state index is 11.8. The first-order chi connectivity index (χ1) is 11.1. The number of nitrogens with one attached hydrogen (secondary N) is 2. The lowest BCUT2D eigenvalue weighted by atomic mass is 10.1. The summed E-state index contributed by atoms with van der Waals surface area (Å²) >= 11 is 0. The SMILES string of the molecule is CCc1cc(-n2cc(C(=O)NC(=N)N)cn2)cc2c1OCCO2. The minimum Gasteiger partial charge on any atom is -0.486 e. The highest BCUT2D eigenvalue weighted by molar-refractivity contribution is 6.04. The zero-order chi connectivity index (χ0) is 16.4. The molecule has 1 aliphatic rings. The number of aromatic nitrogens is 2. The Kier molecular flexibility index (Phi) is 3.88. The van der Waals surface area contributed by atoms with Crippen LogP contribution in [0.2, 0.25) is 0 Å². The van der Waals surface area contributed by atoms with Gasteiger partial charge in [-0.1, -0.05) is 6.92 Å². The predicted octanol–water partition coefficient (Wildman–Crippen LogP) is 0.829. The smallest absolute Gasteiger partial charge is 0.261 e. The Labute approximate surface area is 132 Å². The van der Waals surface area contributed by atoms with Gasteiger partial charge in [-0.3, -0.25) is 15.5 Å². The molecule has 0 saturated heterocycles. The zero-order valence-electron chi connectivity index (χ0n) is 12.6. The van der Waals surface area contributed by atoms with Crippen molar-refractivity contribution in [1.82, 2.24) is 15.1 Å². The van der Waals surface area contributed by atoms with Crippen molar-refractivity contribution in [2.45, 2.75) is 13.3 Å². The molecule has 23 heavy (non-hydrogen) atoms. The molecule has 120 valence electrons. The number of benzene rings is 1. The molecule has 0 spiro atoms. The van der Waals surface area contributed by atoms with Crippen molar-refractivity contribution in [3.63, 3.8) is 0 Å². The van der Waals surface area contributed by atoms with Crippen LogP contribution >= 0.6 is 0 Å². The third-order valence-corrected chi connectivity index (χ3v) is 3.44. The lowest BCUT2D eigenvalue weighted by Gasteiger charge is -2.21. The van der Waals surface area contributed by atoms with E-state index < -0.39 is 11.9 Å². The largest absolute Gasteiger partial charge is 0.486 e. The molecule has 0 atom stereocenters. The number of carbonyl (C=O) groups is 1. The molecule has 1 aliphatic heterocycles. The van der Waals surface area contributed by atoms with Crippen LogP contribution in [-0.2, 0) is 6.42 Å². The molecule has 0 saturated carbocycles. The zero-order valence-corrected chi connectivity index (χ0v) is 12.6. The predicted molar refractivity (Wildman–Crippen MR) is 83.3 cm³/mol. The van der Waals surface area contributed by atoms with E-state index in [1.165, 1.54) is 6.20 Å². The summed E-state index contributed by atoms with van der Waals surface area (Å²) in [6.45, 7) is 3.08. The van der Waals surface area contributed by atoms with E-state index in [1.54, 1.807) is 10.9 Å². The molecule has 2 heterocycles. The third kappa shape index (κ3) is 2.96. The Morgan fingerprint density at radius 2 is 2.22 bits per heavy atom. The number of ether oxygens (including phenoxy) is 2. The Morgan fingerprint density at radius 1 is 1.43 bits per heavy atom. The van der Waals surface area contributed by atoms with Gasteiger partial charge in [0.2, 0.25) is 0 Å². The van der Waals surface area contributed by atoms with E-state index in [0.717, 1.165) is 23.4 Å². The van der Waals surface area contributed by atoms with Gasteiger partial charge in [-0.2, -0.15) is 5.10 Å². The molecule has 1 aromatic carbocycles. The van der Waals surface area contributed by atoms with Crippen molar-refractivity contribution < 1.29 is 14.3 Å². The lowest BCUT2D eigenvalue weighted by Crippen LogP contribution is -2.35. The van der Waals surface area contributed by atoms with Crippen LogP contribution in [0, 0.1) is 5.41 Å². The number of rotatable bonds is 3. The molecule has 0 unspecified atom stereocenters. The second-order valence-corrected chi connectivity index (χ2v) is 5.02. The number of fused-ring (bicyclic) bond motifs is 1. The number of carbonyl (C=O) groups excluding carboxylic acids is 1. The van der Waals surface area contributed by atoms with Gasteiger partial charge in [0.15, 0.2) is 17.5 Å². The first kappa shape index (κ1) is 14.9. The van der Waals surface area contributed by atoms with Gasteiger partial charge < -0.3 is 15.2 Å². The van der Waals surface area contributed by atoms with Crippen molar-refractivity contribution in [1.29, 1.82) is 5.41 Å². The van der Waals surface area contributed by atoms with Gasteiger partial charge in [0.05, 0.1) is 17.4 Å². The first-order valence-corrected chi connectivity index (χ1v) is 7.21. The van der Waals surface area contributed by atoms with E-state index in [2.05, 4.69) is 10.4 Å². The minimum atomic E-state index is -0.475. The van der Waals surface area contributed by atoms with Crippen LogP contribution in [0.15, 0.2) is 24.5 Å². The summed E-state index contributed by atoms with van der Waals surface area (Å²) in [7, 11) is 0. The maximum Gasteiger partial charge on any atom is 0.261 e. The van der Waals surface area contributed by atoms with E-state index in [1.807, 2.05) is 19.1 Å². The van der Waals surface area contributed by atoms with Crippen LogP contribution in [0.1, 0.15) is 22.8 Å². The highest BCUT2D eigenvalue weighted by atomic mass is 16.6. The van der Waals surface area contributed by atoms with Crippen LogP contribution in [0.5, 0.6) is 11.5 Å². The molecule has 0 aliphatic carbocycles. The van der Waals surface area contributed by atoms with Crippen LogP contribution in [0.3, 0.4) is 0 Å². The van der Waals surface area contributed by atoms with Gasteiger partial charge in [-0.05, 0) is 18.1 Å². The molecule has 0 bridgehead atoms. The van der Waals surface area contributed by atoms with Gasteiger partial charge in [-0.15, -0.1) is 0 Å². The third-order valence-electron chi connectivity index (χ3n) is 3.44. The van der Waals surface area contributed by atoms with Crippen molar-refractivity contribution in [3.8, 4) is 17.2 Å².